The number of nitrogens with zero attached hydrogens (tertiary/aromatic N) is 3. The number of hydrogen-bond donors (Lipinski definition) is 1. The van der Waals surface area contributed by atoms with Gasteiger partial charge in [0.15, 0.2) is 0 Å². The Morgan fingerprint density at radius 2 is 2.22 bits per heavy atom. The quantitative estimate of drug-likeness (QED) is 0.835. The van der Waals surface area contributed by atoms with E-state index in [0.29, 0.717) is 11.7 Å². The van der Waals surface area contributed by atoms with Gasteiger partial charge in [-0.15, -0.1) is 0 Å². The third-order valence-corrected chi connectivity index (χ3v) is 2.99. The third-order valence-electron chi connectivity index (χ3n) is 2.99. The standard InChI is InChI=1S/C13H20N4O/c1-3-4-7-17(2)13(18)11-8-15-12(9-14-11)16-10-5-6-10/h8-10H,3-7H2,1-2H3,(H,15,16). The first-order valence-electron chi connectivity index (χ1n) is 6.54. The highest BCUT2D eigenvalue weighted by molar-refractivity contribution is 5.91. The van der Waals surface area contributed by atoms with Crippen LogP contribution in [0.3, 0.4) is 0 Å². The maximum atomic E-state index is 12.0. The summed E-state index contributed by atoms with van der Waals surface area (Å²) in [6.45, 7) is 2.87. The normalized spacial score (nSPS) is 14.3. The number of hydrogen-bond acceptors (Lipinski definition) is 4. The summed E-state index contributed by atoms with van der Waals surface area (Å²) in [5, 5.41) is 3.25. The molecule has 1 saturated carbocycles. The molecule has 0 bridgehead atoms. The Labute approximate surface area is 108 Å². The van der Waals surface area contributed by atoms with Crippen LogP contribution in [0.25, 0.3) is 0 Å². The molecule has 5 nitrogen and oxygen atoms in total. The van der Waals surface area contributed by atoms with Crippen LogP contribution < -0.4 is 5.32 Å². The fourth-order valence-corrected chi connectivity index (χ4v) is 1.64. The minimum absolute atomic E-state index is 0.0612. The van der Waals surface area contributed by atoms with Crippen LogP contribution in [0, 0.1) is 0 Å². The van der Waals surface area contributed by atoms with Crippen LogP contribution in [0.2, 0.25) is 0 Å². The highest BCUT2D eigenvalue weighted by Gasteiger charge is 2.21. The monoisotopic (exact) mass is 248 g/mol. The van der Waals surface area contributed by atoms with Crippen molar-refractivity contribution < 1.29 is 4.79 Å². The summed E-state index contributed by atoms with van der Waals surface area (Å²) in [7, 11) is 1.80. The van der Waals surface area contributed by atoms with Crippen molar-refractivity contribution in [2.75, 3.05) is 18.9 Å². The molecule has 18 heavy (non-hydrogen) atoms. The van der Waals surface area contributed by atoms with E-state index in [4.69, 9.17) is 0 Å². The number of aromatic nitrogens is 2. The Morgan fingerprint density at radius 1 is 1.44 bits per heavy atom. The maximum Gasteiger partial charge on any atom is 0.273 e. The van der Waals surface area contributed by atoms with E-state index in [1.807, 2.05) is 0 Å². The zero-order valence-electron chi connectivity index (χ0n) is 11.0. The Balaban J connectivity index is 1.92. The molecular formula is C13H20N4O. The van der Waals surface area contributed by atoms with Gasteiger partial charge in [0.05, 0.1) is 12.4 Å². The van der Waals surface area contributed by atoms with E-state index in [0.717, 1.165) is 25.2 Å². The molecule has 0 atom stereocenters. The summed E-state index contributed by atoms with van der Waals surface area (Å²) < 4.78 is 0. The number of carbonyl (C=O) groups excluding carboxylic acids is 1. The molecule has 1 heterocycles. The van der Waals surface area contributed by atoms with Crippen molar-refractivity contribution in [3.05, 3.63) is 18.1 Å². The smallest absolute Gasteiger partial charge is 0.273 e. The van der Waals surface area contributed by atoms with E-state index < -0.39 is 0 Å². The van der Waals surface area contributed by atoms with E-state index in [1.165, 1.54) is 12.8 Å². The predicted octanol–water partition coefficient (Wildman–Crippen LogP) is 1.92. The Hall–Kier alpha value is -1.65. The molecule has 0 spiro atoms. The van der Waals surface area contributed by atoms with Gasteiger partial charge in [-0.05, 0) is 19.3 Å². The first-order valence-corrected chi connectivity index (χ1v) is 6.54. The number of rotatable bonds is 6. The first-order chi connectivity index (χ1) is 8.70. The highest BCUT2D eigenvalue weighted by atomic mass is 16.2. The molecule has 1 amide bonds. The molecule has 1 aliphatic rings. The zero-order valence-corrected chi connectivity index (χ0v) is 11.0. The largest absolute Gasteiger partial charge is 0.366 e. The van der Waals surface area contributed by atoms with Crippen molar-refractivity contribution >= 4 is 11.7 Å². The Kier molecular flexibility index (Phi) is 4.12. The van der Waals surface area contributed by atoms with Crippen molar-refractivity contribution in [3.8, 4) is 0 Å². The molecule has 0 aromatic carbocycles. The van der Waals surface area contributed by atoms with Crippen LogP contribution in [0.5, 0.6) is 0 Å². The van der Waals surface area contributed by atoms with E-state index in [2.05, 4.69) is 22.2 Å². The molecule has 1 aromatic rings. The van der Waals surface area contributed by atoms with Crippen LogP contribution >= 0.6 is 0 Å². The molecule has 1 aromatic heterocycles. The van der Waals surface area contributed by atoms with Gasteiger partial charge in [-0.3, -0.25) is 4.79 Å². The second-order valence-corrected chi connectivity index (χ2v) is 4.79. The van der Waals surface area contributed by atoms with Crippen molar-refractivity contribution in [2.45, 2.75) is 38.6 Å². The molecule has 2 rings (SSSR count). The SMILES string of the molecule is CCCCN(C)C(=O)c1cnc(NC2CC2)cn1. The summed E-state index contributed by atoms with van der Waals surface area (Å²) in [6.07, 6.45) is 7.67. The fraction of sp³-hybridized carbons (Fsp3) is 0.615. The minimum Gasteiger partial charge on any atom is -0.366 e. The average Bonchev–Trinajstić information content (AvgIpc) is 3.20. The number of carbonyl (C=O) groups is 1. The van der Waals surface area contributed by atoms with E-state index in [1.54, 1.807) is 24.3 Å². The number of nitrogens with one attached hydrogen (secondary N) is 1. The first kappa shape index (κ1) is 12.8. The van der Waals surface area contributed by atoms with Gasteiger partial charge in [0.1, 0.15) is 11.5 Å². The fourth-order valence-electron chi connectivity index (χ4n) is 1.64. The van der Waals surface area contributed by atoms with E-state index >= 15 is 0 Å². The van der Waals surface area contributed by atoms with E-state index in [-0.39, 0.29) is 5.91 Å². The lowest BCUT2D eigenvalue weighted by atomic mass is 10.3. The number of unbranched alkanes of at least 4 members (excludes halogenated alkanes) is 1. The van der Waals surface area contributed by atoms with Gasteiger partial charge < -0.3 is 10.2 Å². The van der Waals surface area contributed by atoms with Gasteiger partial charge in [-0.1, -0.05) is 13.3 Å². The van der Waals surface area contributed by atoms with Crippen LogP contribution in [-0.4, -0.2) is 40.4 Å². The summed E-state index contributed by atoms with van der Waals surface area (Å²) in [5.41, 5.74) is 0.412. The molecular weight excluding hydrogens is 228 g/mol. The van der Waals surface area contributed by atoms with Crippen molar-refractivity contribution in [3.63, 3.8) is 0 Å². The van der Waals surface area contributed by atoms with Gasteiger partial charge in [-0.25, -0.2) is 9.97 Å². The maximum absolute atomic E-state index is 12.0. The Bertz CT molecular complexity index is 400. The lowest BCUT2D eigenvalue weighted by Crippen LogP contribution is -2.28. The van der Waals surface area contributed by atoms with E-state index in [9.17, 15) is 4.79 Å². The van der Waals surface area contributed by atoms with Gasteiger partial charge in [0.25, 0.3) is 5.91 Å². The molecule has 1 aliphatic carbocycles. The lowest BCUT2D eigenvalue weighted by Gasteiger charge is -2.15. The van der Waals surface area contributed by atoms with Gasteiger partial charge in [0.2, 0.25) is 0 Å². The molecule has 5 heteroatoms. The summed E-state index contributed by atoms with van der Waals surface area (Å²) >= 11 is 0. The number of amides is 1. The second kappa shape index (κ2) is 5.80. The predicted molar refractivity (Wildman–Crippen MR) is 70.5 cm³/mol. The van der Waals surface area contributed by atoms with Crippen molar-refractivity contribution in [2.24, 2.45) is 0 Å². The number of anilines is 1. The average molecular weight is 248 g/mol. The van der Waals surface area contributed by atoms with Gasteiger partial charge in [0, 0.05) is 19.6 Å². The molecule has 0 radical (unpaired) electrons. The third kappa shape index (κ3) is 3.42. The summed E-state index contributed by atoms with van der Waals surface area (Å²) in [4.78, 5) is 22.1. The Morgan fingerprint density at radius 3 is 2.78 bits per heavy atom. The van der Waals surface area contributed by atoms with Crippen LogP contribution in [0.4, 0.5) is 5.82 Å². The van der Waals surface area contributed by atoms with Crippen LogP contribution in [-0.2, 0) is 0 Å². The second-order valence-electron chi connectivity index (χ2n) is 4.79. The summed E-state index contributed by atoms with van der Waals surface area (Å²) in [6, 6.07) is 0.549. The van der Waals surface area contributed by atoms with Crippen LogP contribution in [0.1, 0.15) is 43.1 Å². The highest BCUT2D eigenvalue weighted by Crippen LogP contribution is 2.23. The van der Waals surface area contributed by atoms with Crippen LogP contribution in [0.15, 0.2) is 12.4 Å². The zero-order chi connectivity index (χ0) is 13.0. The molecule has 1 fully saturated rings. The molecule has 0 saturated heterocycles. The lowest BCUT2D eigenvalue weighted by molar-refractivity contribution is 0.0787. The topological polar surface area (TPSA) is 58.1 Å². The molecule has 1 N–H and O–H groups in total. The van der Waals surface area contributed by atoms with Crippen molar-refractivity contribution in [1.82, 2.24) is 14.9 Å². The van der Waals surface area contributed by atoms with Gasteiger partial charge >= 0.3 is 0 Å². The summed E-state index contributed by atoms with van der Waals surface area (Å²) in [5.74, 6) is 0.694. The molecule has 0 aliphatic heterocycles. The van der Waals surface area contributed by atoms with Gasteiger partial charge in [-0.2, -0.15) is 0 Å². The van der Waals surface area contributed by atoms with Crippen molar-refractivity contribution in [1.29, 1.82) is 0 Å². The molecule has 98 valence electrons. The molecule has 0 unspecified atom stereocenters. The minimum atomic E-state index is -0.0612.